The normalized spacial score (nSPS) is 24.4. The van der Waals surface area contributed by atoms with Crippen LogP contribution in [0.1, 0.15) is 39.5 Å². The quantitative estimate of drug-likeness (QED) is 0.695. The molecular weight excluding hydrogens is 176 g/mol. The van der Waals surface area contributed by atoms with E-state index >= 15 is 0 Å². The van der Waals surface area contributed by atoms with Gasteiger partial charge in [0.2, 0.25) is 0 Å². The molecule has 1 aliphatic rings. The third-order valence-electron chi connectivity index (χ3n) is 3.47. The standard InChI is InChI=1S/C11H24N2O/c1-9(7-11(2,12)8-14)13(3)10-5-4-6-10/h9-10,14H,4-8,12H2,1-3H3. The van der Waals surface area contributed by atoms with E-state index in [9.17, 15) is 0 Å². The third kappa shape index (κ3) is 2.94. The molecule has 3 N–H and O–H groups in total. The van der Waals surface area contributed by atoms with Gasteiger partial charge >= 0.3 is 0 Å². The first-order chi connectivity index (χ1) is 6.46. The van der Waals surface area contributed by atoms with Crippen LogP contribution in [-0.2, 0) is 0 Å². The molecule has 0 bridgehead atoms. The van der Waals surface area contributed by atoms with Crippen molar-refractivity contribution in [3.8, 4) is 0 Å². The maximum absolute atomic E-state index is 9.09. The van der Waals surface area contributed by atoms with Crippen LogP contribution in [0.15, 0.2) is 0 Å². The van der Waals surface area contributed by atoms with Crippen molar-refractivity contribution < 1.29 is 5.11 Å². The molecule has 1 aliphatic carbocycles. The van der Waals surface area contributed by atoms with E-state index in [4.69, 9.17) is 10.8 Å². The summed E-state index contributed by atoms with van der Waals surface area (Å²) in [5.41, 5.74) is 5.50. The van der Waals surface area contributed by atoms with Crippen LogP contribution in [0.2, 0.25) is 0 Å². The molecule has 0 saturated heterocycles. The Balaban J connectivity index is 2.36. The van der Waals surface area contributed by atoms with Crippen molar-refractivity contribution in [1.29, 1.82) is 0 Å². The van der Waals surface area contributed by atoms with Gasteiger partial charge in [0.25, 0.3) is 0 Å². The Hall–Kier alpha value is -0.120. The largest absolute Gasteiger partial charge is 0.394 e. The minimum atomic E-state index is -0.433. The van der Waals surface area contributed by atoms with Crippen molar-refractivity contribution in [1.82, 2.24) is 4.90 Å². The first kappa shape index (κ1) is 12.0. The number of aliphatic hydroxyl groups is 1. The van der Waals surface area contributed by atoms with Gasteiger partial charge in [-0.25, -0.2) is 0 Å². The zero-order valence-corrected chi connectivity index (χ0v) is 9.66. The van der Waals surface area contributed by atoms with Gasteiger partial charge in [-0.05, 0) is 40.2 Å². The molecule has 1 rings (SSSR count). The van der Waals surface area contributed by atoms with Crippen LogP contribution in [0.25, 0.3) is 0 Å². The molecule has 1 fully saturated rings. The van der Waals surface area contributed by atoms with E-state index in [1.807, 2.05) is 6.92 Å². The lowest BCUT2D eigenvalue weighted by atomic mass is 9.88. The summed E-state index contributed by atoms with van der Waals surface area (Å²) in [5, 5.41) is 9.09. The Bertz CT molecular complexity index is 178. The van der Waals surface area contributed by atoms with Crippen LogP contribution in [0.3, 0.4) is 0 Å². The zero-order chi connectivity index (χ0) is 10.8. The Kier molecular flexibility index (Phi) is 3.93. The van der Waals surface area contributed by atoms with Gasteiger partial charge in [-0.3, -0.25) is 0 Å². The molecule has 3 heteroatoms. The van der Waals surface area contributed by atoms with E-state index in [-0.39, 0.29) is 6.61 Å². The van der Waals surface area contributed by atoms with Crippen LogP contribution in [0, 0.1) is 0 Å². The molecule has 0 spiro atoms. The van der Waals surface area contributed by atoms with Gasteiger partial charge in [-0.2, -0.15) is 0 Å². The van der Waals surface area contributed by atoms with Crippen molar-refractivity contribution in [2.75, 3.05) is 13.7 Å². The van der Waals surface area contributed by atoms with Crippen molar-refractivity contribution in [3.63, 3.8) is 0 Å². The molecule has 0 heterocycles. The molecule has 84 valence electrons. The molecular formula is C11H24N2O. The fourth-order valence-electron chi connectivity index (χ4n) is 2.04. The first-order valence-corrected chi connectivity index (χ1v) is 5.58. The van der Waals surface area contributed by atoms with Crippen molar-refractivity contribution in [2.24, 2.45) is 5.73 Å². The molecule has 0 aliphatic heterocycles. The highest BCUT2D eigenvalue weighted by Gasteiger charge is 2.29. The highest BCUT2D eigenvalue weighted by atomic mass is 16.3. The summed E-state index contributed by atoms with van der Waals surface area (Å²) < 4.78 is 0. The second-order valence-electron chi connectivity index (χ2n) is 5.12. The SMILES string of the molecule is CC(CC(C)(N)CO)N(C)C1CCC1. The summed E-state index contributed by atoms with van der Waals surface area (Å²) in [5.74, 6) is 0. The summed E-state index contributed by atoms with van der Waals surface area (Å²) in [7, 11) is 2.17. The second-order valence-corrected chi connectivity index (χ2v) is 5.12. The molecule has 0 aromatic carbocycles. The van der Waals surface area contributed by atoms with Crippen molar-refractivity contribution in [3.05, 3.63) is 0 Å². The Morgan fingerprint density at radius 1 is 1.57 bits per heavy atom. The molecule has 0 aromatic heterocycles. The van der Waals surface area contributed by atoms with Gasteiger partial charge in [0.1, 0.15) is 0 Å². The highest BCUT2D eigenvalue weighted by molar-refractivity contribution is 4.87. The summed E-state index contributed by atoms with van der Waals surface area (Å²) >= 11 is 0. The molecule has 1 saturated carbocycles. The predicted molar refractivity (Wildman–Crippen MR) is 59.2 cm³/mol. The van der Waals surface area contributed by atoms with Gasteiger partial charge in [0.15, 0.2) is 0 Å². The number of rotatable bonds is 5. The number of aliphatic hydroxyl groups excluding tert-OH is 1. The summed E-state index contributed by atoms with van der Waals surface area (Å²) in [6.07, 6.45) is 4.86. The molecule has 2 atom stereocenters. The monoisotopic (exact) mass is 200 g/mol. The lowest BCUT2D eigenvalue weighted by molar-refractivity contribution is 0.0882. The maximum Gasteiger partial charge on any atom is 0.0609 e. The van der Waals surface area contributed by atoms with Gasteiger partial charge in [-0.15, -0.1) is 0 Å². The van der Waals surface area contributed by atoms with Crippen LogP contribution < -0.4 is 5.73 Å². The van der Waals surface area contributed by atoms with Gasteiger partial charge in [0.05, 0.1) is 6.61 Å². The fourth-order valence-corrected chi connectivity index (χ4v) is 2.04. The van der Waals surface area contributed by atoms with E-state index in [2.05, 4.69) is 18.9 Å². The van der Waals surface area contributed by atoms with E-state index in [0.717, 1.165) is 12.5 Å². The molecule has 2 unspecified atom stereocenters. The van der Waals surface area contributed by atoms with Crippen LogP contribution >= 0.6 is 0 Å². The minimum Gasteiger partial charge on any atom is -0.394 e. The number of hydrogen-bond acceptors (Lipinski definition) is 3. The van der Waals surface area contributed by atoms with Crippen LogP contribution in [0.4, 0.5) is 0 Å². The highest BCUT2D eigenvalue weighted by Crippen LogP contribution is 2.26. The average Bonchev–Trinajstić information content (AvgIpc) is 2.00. The van der Waals surface area contributed by atoms with E-state index in [0.29, 0.717) is 6.04 Å². The van der Waals surface area contributed by atoms with Crippen LogP contribution in [0.5, 0.6) is 0 Å². The van der Waals surface area contributed by atoms with Crippen molar-refractivity contribution in [2.45, 2.75) is 57.2 Å². The number of nitrogens with two attached hydrogens (primary N) is 1. The Morgan fingerprint density at radius 3 is 2.50 bits per heavy atom. The smallest absolute Gasteiger partial charge is 0.0609 e. The predicted octanol–water partition coefficient (Wildman–Crippen LogP) is 0.959. The van der Waals surface area contributed by atoms with Gasteiger partial charge < -0.3 is 15.7 Å². The molecule has 0 amide bonds. The fraction of sp³-hybridized carbons (Fsp3) is 1.00. The lowest BCUT2D eigenvalue weighted by Gasteiger charge is -2.40. The molecule has 14 heavy (non-hydrogen) atoms. The molecule has 3 nitrogen and oxygen atoms in total. The number of nitrogens with zero attached hydrogens (tertiary/aromatic N) is 1. The van der Waals surface area contributed by atoms with E-state index in [1.54, 1.807) is 0 Å². The van der Waals surface area contributed by atoms with Crippen LogP contribution in [-0.4, -0.2) is 41.3 Å². The number of hydrogen-bond donors (Lipinski definition) is 2. The Morgan fingerprint density at radius 2 is 2.14 bits per heavy atom. The summed E-state index contributed by atoms with van der Waals surface area (Å²) in [6.45, 7) is 4.17. The summed E-state index contributed by atoms with van der Waals surface area (Å²) in [4.78, 5) is 2.41. The molecule has 0 radical (unpaired) electrons. The lowest BCUT2D eigenvalue weighted by Crippen LogP contribution is -2.50. The van der Waals surface area contributed by atoms with E-state index < -0.39 is 5.54 Å². The van der Waals surface area contributed by atoms with Crippen molar-refractivity contribution >= 4 is 0 Å². The van der Waals surface area contributed by atoms with Gasteiger partial charge in [0, 0.05) is 17.6 Å². The third-order valence-corrected chi connectivity index (χ3v) is 3.47. The first-order valence-electron chi connectivity index (χ1n) is 5.58. The minimum absolute atomic E-state index is 0.0653. The second kappa shape index (κ2) is 4.60. The molecule has 0 aromatic rings. The van der Waals surface area contributed by atoms with Gasteiger partial charge in [-0.1, -0.05) is 6.42 Å². The maximum atomic E-state index is 9.09. The summed E-state index contributed by atoms with van der Waals surface area (Å²) in [6, 6.07) is 1.21. The van der Waals surface area contributed by atoms with E-state index in [1.165, 1.54) is 19.3 Å². The topological polar surface area (TPSA) is 49.5 Å². The average molecular weight is 200 g/mol. The Labute approximate surface area is 87.3 Å². The zero-order valence-electron chi connectivity index (χ0n) is 9.66.